The van der Waals surface area contributed by atoms with E-state index in [1.807, 2.05) is 0 Å². The molecule has 0 aliphatic rings. The molecule has 0 spiro atoms. The van der Waals surface area contributed by atoms with E-state index in [4.69, 9.17) is 4.74 Å². The zero-order valence-electron chi connectivity index (χ0n) is 9.48. The molecule has 1 N–H and O–H groups in total. The summed E-state index contributed by atoms with van der Waals surface area (Å²) >= 11 is 0. The number of nitrogens with one attached hydrogen (secondary N) is 1. The molecule has 4 heteroatoms. The minimum atomic E-state index is -0.277. The van der Waals surface area contributed by atoms with Gasteiger partial charge in [-0.25, -0.2) is 4.39 Å². The summed E-state index contributed by atoms with van der Waals surface area (Å²) in [4.78, 5) is 3.94. The molecule has 3 nitrogen and oxygen atoms in total. The maximum atomic E-state index is 13.6. The Morgan fingerprint density at radius 2 is 2.18 bits per heavy atom. The van der Waals surface area contributed by atoms with Gasteiger partial charge >= 0.3 is 0 Å². The van der Waals surface area contributed by atoms with Crippen molar-refractivity contribution in [3.63, 3.8) is 0 Å². The van der Waals surface area contributed by atoms with Crippen LogP contribution in [0.1, 0.15) is 5.56 Å². The van der Waals surface area contributed by atoms with Gasteiger partial charge in [-0.05, 0) is 31.3 Å². The van der Waals surface area contributed by atoms with Crippen molar-refractivity contribution in [2.24, 2.45) is 0 Å². The van der Waals surface area contributed by atoms with Crippen molar-refractivity contribution < 1.29 is 9.13 Å². The predicted octanol–water partition coefficient (Wildman–Crippen LogP) is 2.73. The molecule has 1 aromatic heterocycles. The monoisotopic (exact) mass is 232 g/mol. The summed E-state index contributed by atoms with van der Waals surface area (Å²) in [5.41, 5.74) is 0.513. The quantitative estimate of drug-likeness (QED) is 0.880. The maximum absolute atomic E-state index is 13.6. The standard InChI is InChI=1S/C13H13FN2O/c1-15-9-11-12(14)5-2-6-13(11)17-10-4-3-7-16-8-10/h2-8,15H,9H2,1H3. The lowest BCUT2D eigenvalue weighted by molar-refractivity contribution is 0.462. The molecule has 88 valence electrons. The molecule has 0 radical (unpaired) electrons. The number of halogens is 1. The number of hydrogen-bond acceptors (Lipinski definition) is 3. The van der Waals surface area contributed by atoms with E-state index in [-0.39, 0.29) is 5.82 Å². The molecule has 2 rings (SSSR count). The summed E-state index contributed by atoms with van der Waals surface area (Å²) in [6.45, 7) is 0.419. The van der Waals surface area contributed by atoms with Crippen LogP contribution in [-0.4, -0.2) is 12.0 Å². The molecule has 0 amide bonds. The number of nitrogens with zero attached hydrogens (tertiary/aromatic N) is 1. The van der Waals surface area contributed by atoms with Crippen molar-refractivity contribution in [1.82, 2.24) is 10.3 Å². The fraction of sp³-hybridized carbons (Fsp3) is 0.154. The molecule has 0 unspecified atom stereocenters. The molecule has 0 fully saturated rings. The van der Waals surface area contributed by atoms with E-state index in [1.54, 1.807) is 43.7 Å². The van der Waals surface area contributed by atoms with Gasteiger partial charge in [0, 0.05) is 18.3 Å². The Kier molecular flexibility index (Phi) is 3.67. The molecule has 0 aliphatic carbocycles. The van der Waals surface area contributed by atoms with Crippen LogP contribution in [0.25, 0.3) is 0 Å². The average Bonchev–Trinajstić information content (AvgIpc) is 2.35. The normalized spacial score (nSPS) is 10.2. The van der Waals surface area contributed by atoms with Gasteiger partial charge in [0.15, 0.2) is 0 Å². The summed E-state index contributed by atoms with van der Waals surface area (Å²) in [5.74, 6) is 0.823. The van der Waals surface area contributed by atoms with Crippen LogP contribution in [0.2, 0.25) is 0 Å². The Morgan fingerprint density at radius 1 is 1.29 bits per heavy atom. The van der Waals surface area contributed by atoms with E-state index in [2.05, 4.69) is 10.3 Å². The highest BCUT2D eigenvalue weighted by atomic mass is 19.1. The molecule has 2 aromatic rings. The first-order valence-corrected chi connectivity index (χ1v) is 5.31. The van der Waals surface area contributed by atoms with Crippen molar-refractivity contribution in [3.05, 3.63) is 54.1 Å². The number of rotatable bonds is 4. The van der Waals surface area contributed by atoms with E-state index in [0.717, 1.165) is 0 Å². The second-order valence-corrected chi connectivity index (χ2v) is 3.54. The van der Waals surface area contributed by atoms with Gasteiger partial charge in [0.2, 0.25) is 0 Å². The van der Waals surface area contributed by atoms with Crippen LogP contribution in [0.3, 0.4) is 0 Å². The third-order valence-electron chi connectivity index (χ3n) is 2.29. The number of ether oxygens (including phenoxy) is 1. The summed E-state index contributed by atoms with van der Waals surface area (Å²) in [7, 11) is 1.76. The predicted molar refractivity (Wildman–Crippen MR) is 63.5 cm³/mol. The summed E-state index contributed by atoms with van der Waals surface area (Å²) in [6, 6.07) is 8.33. The molecule has 0 saturated heterocycles. The van der Waals surface area contributed by atoms with Crippen LogP contribution in [-0.2, 0) is 6.54 Å². The van der Waals surface area contributed by atoms with Crippen molar-refractivity contribution in [2.75, 3.05) is 7.05 Å². The molecule has 0 bridgehead atoms. The number of hydrogen-bond donors (Lipinski definition) is 1. The van der Waals surface area contributed by atoms with Gasteiger partial charge < -0.3 is 10.1 Å². The van der Waals surface area contributed by atoms with Gasteiger partial charge in [-0.2, -0.15) is 0 Å². The number of pyridine rings is 1. The van der Waals surface area contributed by atoms with Gasteiger partial charge in [0.25, 0.3) is 0 Å². The van der Waals surface area contributed by atoms with Crippen LogP contribution < -0.4 is 10.1 Å². The molecule has 1 heterocycles. The molecule has 0 atom stereocenters. The van der Waals surface area contributed by atoms with Crippen molar-refractivity contribution in [1.29, 1.82) is 0 Å². The molecule has 0 saturated carbocycles. The third-order valence-corrected chi connectivity index (χ3v) is 2.29. The van der Waals surface area contributed by atoms with E-state index in [1.165, 1.54) is 6.07 Å². The average molecular weight is 232 g/mol. The Morgan fingerprint density at radius 3 is 2.88 bits per heavy atom. The summed E-state index contributed by atoms with van der Waals surface area (Å²) < 4.78 is 19.2. The number of aromatic nitrogens is 1. The largest absolute Gasteiger partial charge is 0.455 e. The molecule has 1 aromatic carbocycles. The first-order valence-electron chi connectivity index (χ1n) is 5.31. The highest BCUT2D eigenvalue weighted by Gasteiger charge is 2.09. The fourth-order valence-corrected chi connectivity index (χ4v) is 1.52. The first kappa shape index (κ1) is 11.5. The topological polar surface area (TPSA) is 34.1 Å². The second-order valence-electron chi connectivity index (χ2n) is 3.54. The second kappa shape index (κ2) is 5.41. The van der Waals surface area contributed by atoms with Crippen LogP contribution in [0.4, 0.5) is 4.39 Å². The van der Waals surface area contributed by atoms with Gasteiger partial charge in [-0.15, -0.1) is 0 Å². The Bertz CT molecular complexity index is 488. The molecular weight excluding hydrogens is 219 g/mol. The highest BCUT2D eigenvalue weighted by molar-refractivity contribution is 5.38. The van der Waals surface area contributed by atoms with Gasteiger partial charge in [-0.1, -0.05) is 6.07 Å². The maximum Gasteiger partial charge on any atom is 0.145 e. The van der Waals surface area contributed by atoms with Crippen molar-refractivity contribution >= 4 is 0 Å². The van der Waals surface area contributed by atoms with Gasteiger partial charge in [-0.3, -0.25) is 4.98 Å². The fourth-order valence-electron chi connectivity index (χ4n) is 1.52. The van der Waals surface area contributed by atoms with Crippen LogP contribution in [0, 0.1) is 5.82 Å². The van der Waals surface area contributed by atoms with Crippen LogP contribution in [0.15, 0.2) is 42.7 Å². The smallest absolute Gasteiger partial charge is 0.145 e. The highest BCUT2D eigenvalue weighted by Crippen LogP contribution is 2.26. The first-order chi connectivity index (χ1) is 8.31. The summed E-state index contributed by atoms with van der Waals surface area (Å²) in [6.07, 6.45) is 3.25. The summed E-state index contributed by atoms with van der Waals surface area (Å²) in [5, 5.41) is 2.92. The molecular formula is C13H13FN2O. The zero-order valence-corrected chi connectivity index (χ0v) is 9.48. The minimum absolute atomic E-state index is 0.277. The SMILES string of the molecule is CNCc1c(F)cccc1Oc1cccnc1. The molecule has 0 aliphatic heterocycles. The lowest BCUT2D eigenvalue weighted by Gasteiger charge is -2.11. The van der Waals surface area contributed by atoms with Crippen molar-refractivity contribution in [2.45, 2.75) is 6.54 Å². The van der Waals surface area contributed by atoms with Crippen LogP contribution >= 0.6 is 0 Å². The Labute approximate surface area is 99.3 Å². The van der Waals surface area contributed by atoms with Gasteiger partial charge in [0.05, 0.1) is 6.20 Å². The molecule has 17 heavy (non-hydrogen) atoms. The van der Waals surface area contributed by atoms with Crippen LogP contribution in [0.5, 0.6) is 11.5 Å². The lowest BCUT2D eigenvalue weighted by atomic mass is 10.2. The van der Waals surface area contributed by atoms with E-state index >= 15 is 0 Å². The lowest BCUT2D eigenvalue weighted by Crippen LogP contribution is -2.08. The zero-order chi connectivity index (χ0) is 12.1. The van der Waals surface area contributed by atoms with E-state index < -0.39 is 0 Å². The number of benzene rings is 1. The van der Waals surface area contributed by atoms with Crippen molar-refractivity contribution in [3.8, 4) is 11.5 Å². The minimum Gasteiger partial charge on any atom is -0.455 e. The van der Waals surface area contributed by atoms with Gasteiger partial charge in [0.1, 0.15) is 17.3 Å². The van der Waals surface area contributed by atoms with E-state index in [0.29, 0.717) is 23.6 Å². The van der Waals surface area contributed by atoms with E-state index in [9.17, 15) is 4.39 Å². The Hall–Kier alpha value is -1.94. The Balaban J connectivity index is 2.29. The third kappa shape index (κ3) is 2.79.